The van der Waals surface area contributed by atoms with Gasteiger partial charge in [-0.1, -0.05) is 261 Å². The van der Waals surface area contributed by atoms with Crippen LogP contribution in [0, 0.1) is 111 Å². The minimum atomic E-state index is 0.942. The quantitative estimate of drug-likeness (QED) is 0.0674. The number of hydrogen-bond donors (Lipinski definition) is 0. The first-order chi connectivity index (χ1) is 72.0. The Hall–Kier alpha value is -17.6. The molecule has 0 saturated carbocycles. The fourth-order valence-corrected chi connectivity index (χ4v) is 24.2. The fourth-order valence-electron chi connectivity index (χ4n) is 24.2. The van der Waals surface area contributed by atoms with E-state index in [4.69, 9.17) is 0 Å². The van der Waals surface area contributed by atoms with Crippen molar-refractivity contribution in [1.29, 1.82) is 0 Å². The molecule has 0 aliphatic rings. The van der Waals surface area contributed by atoms with Crippen LogP contribution in [0.25, 0.3) is 144 Å². The smallest absolute Gasteiger partial charge is 0.0541 e. The zero-order valence-corrected chi connectivity index (χ0v) is 87.3. The highest BCUT2D eigenvalue weighted by molar-refractivity contribution is 6.14. The summed E-state index contributed by atoms with van der Waals surface area (Å²) in [6.45, 7) is 35.9. The first kappa shape index (κ1) is 94.0. The molecular weight excluding hydrogens is 1790 g/mol. The molecule has 0 aliphatic heterocycles. The molecule has 0 fully saturated rings. The number of anilines is 12. The van der Waals surface area contributed by atoms with Crippen LogP contribution in [0.15, 0.2) is 437 Å². The number of aromatic nitrogens is 2. The minimum Gasteiger partial charge on any atom is -0.310 e. The summed E-state index contributed by atoms with van der Waals surface area (Å²) in [5, 5.41) is 4.66. The van der Waals surface area contributed by atoms with E-state index in [1.165, 1.54) is 156 Å². The highest BCUT2D eigenvalue weighted by Crippen LogP contribution is 2.53. The molecule has 0 bridgehead atoms. The lowest BCUT2D eigenvalue weighted by atomic mass is 9.93. The average molecular weight is 1910 g/mol. The zero-order chi connectivity index (χ0) is 102. The van der Waals surface area contributed by atoms with Crippen molar-refractivity contribution in [3.05, 3.63) is 526 Å². The van der Waals surface area contributed by atoms with Gasteiger partial charge in [-0.05, 0) is 465 Å². The van der Waals surface area contributed by atoms with E-state index >= 15 is 0 Å². The largest absolute Gasteiger partial charge is 0.310 e. The van der Waals surface area contributed by atoms with Crippen LogP contribution in [0.1, 0.15) is 89.0 Å². The van der Waals surface area contributed by atoms with Gasteiger partial charge in [0.2, 0.25) is 0 Å². The van der Waals surface area contributed by atoms with E-state index in [2.05, 4.69) is 576 Å². The van der Waals surface area contributed by atoms with Crippen LogP contribution in [-0.2, 0) is 0 Å². The van der Waals surface area contributed by atoms with Crippen LogP contribution in [0.5, 0.6) is 0 Å². The number of nitrogens with zero attached hydrogens (tertiary/aromatic N) is 6. The second kappa shape index (κ2) is 38.8. The van der Waals surface area contributed by atoms with E-state index < -0.39 is 0 Å². The van der Waals surface area contributed by atoms with Crippen molar-refractivity contribution < 1.29 is 0 Å². The van der Waals surface area contributed by atoms with Gasteiger partial charge >= 0.3 is 0 Å². The summed E-state index contributed by atoms with van der Waals surface area (Å²) in [5.41, 5.74) is 56.9. The molecule has 0 unspecified atom stereocenters. The lowest BCUT2D eigenvalue weighted by Crippen LogP contribution is -2.16. The van der Waals surface area contributed by atoms with Crippen molar-refractivity contribution in [3.63, 3.8) is 0 Å². The van der Waals surface area contributed by atoms with Crippen molar-refractivity contribution in [2.24, 2.45) is 0 Å². The Labute approximate surface area is 871 Å². The summed E-state index contributed by atoms with van der Waals surface area (Å²) in [6.07, 6.45) is 0. The van der Waals surface area contributed by atoms with Crippen molar-refractivity contribution in [1.82, 2.24) is 9.13 Å². The monoisotopic (exact) mass is 1910 g/mol. The molecule has 6 nitrogen and oxygen atoms in total. The van der Waals surface area contributed by atoms with E-state index in [1.54, 1.807) is 0 Å². The van der Waals surface area contributed by atoms with Gasteiger partial charge in [-0.25, -0.2) is 0 Å². The summed E-state index contributed by atoms with van der Waals surface area (Å²) in [4.78, 5) is 10.0. The Bertz CT molecular complexity index is 8100. The molecule has 0 saturated heterocycles. The molecule has 2 heterocycles. The zero-order valence-electron chi connectivity index (χ0n) is 87.3. The summed E-state index contributed by atoms with van der Waals surface area (Å²) >= 11 is 0. The van der Waals surface area contributed by atoms with Gasteiger partial charge in [0.1, 0.15) is 0 Å². The molecule has 6 heteroatoms. The van der Waals surface area contributed by atoms with E-state index in [0.29, 0.717) is 0 Å². The standard InChI is InChI=1S/C142H120N6/c1-89-36-23-37-90(2)135(89)105-52-31-60-115(74-105)145(116-61-32-53-106(75-116)136-91(3)38-24-39-92(136)4)123-83-121(85-125(87-123)147-131-70-66-109(139-97(9)44-27-45-98(139)10)78-127(131)128-79-110(67-71-132(128)147)140-99(11)46-28-47-100(140)12)143(113-56-19-17-20-57-113)119-64-35-65-120(82-119)144(114-58-21-18-22-59-114)122-84-124(146(117-62-33-54-107(76-117)137-93(5)40-25-41-94(137)6)118-63-34-55-108(77-118)138-95(7)42-26-43-96(138)8)88-126(86-122)148-133-72-68-111(141-101(13)48-29-49-102(141)14)80-129(133)130-81-112(69-73-134(130)148)142-103(15)50-30-51-104(142)16/h17-88H,1-16H3. The molecule has 0 amide bonds. The van der Waals surface area contributed by atoms with Crippen molar-refractivity contribution in [2.45, 2.75) is 111 Å². The predicted octanol–water partition coefficient (Wildman–Crippen LogP) is 40.0. The second-order valence-electron chi connectivity index (χ2n) is 40.9. The summed E-state index contributed by atoms with van der Waals surface area (Å²) < 4.78 is 5.10. The Kier molecular flexibility index (Phi) is 24.7. The maximum Gasteiger partial charge on any atom is 0.0541 e. The van der Waals surface area contributed by atoms with Crippen LogP contribution in [-0.4, -0.2) is 9.13 Å². The number of para-hydroxylation sites is 2. The Morgan fingerprint density at radius 3 is 0.480 bits per heavy atom. The van der Waals surface area contributed by atoms with Gasteiger partial charge in [0.15, 0.2) is 0 Å². The third-order valence-electron chi connectivity index (χ3n) is 30.8. The van der Waals surface area contributed by atoms with Crippen LogP contribution < -0.4 is 19.6 Å². The van der Waals surface area contributed by atoms with Crippen LogP contribution >= 0.6 is 0 Å². The van der Waals surface area contributed by atoms with E-state index in [0.717, 1.165) is 145 Å². The fraction of sp³-hybridized carbons (Fsp3) is 0.113. The van der Waals surface area contributed by atoms with Gasteiger partial charge in [0.05, 0.1) is 56.2 Å². The normalized spacial score (nSPS) is 11.5. The van der Waals surface area contributed by atoms with E-state index in [9.17, 15) is 0 Å². The maximum atomic E-state index is 2.55. The molecule has 23 aromatic rings. The maximum absolute atomic E-state index is 2.55. The van der Waals surface area contributed by atoms with Gasteiger partial charge in [-0.2, -0.15) is 0 Å². The van der Waals surface area contributed by atoms with Gasteiger partial charge in [-0.3, -0.25) is 0 Å². The average Bonchev–Trinajstić information content (AvgIpc) is 1.58. The summed E-state index contributed by atoms with van der Waals surface area (Å²) in [6, 6.07) is 165. The highest BCUT2D eigenvalue weighted by Gasteiger charge is 2.30. The van der Waals surface area contributed by atoms with E-state index in [-0.39, 0.29) is 0 Å². The Morgan fingerprint density at radius 2 is 0.277 bits per heavy atom. The van der Waals surface area contributed by atoms with Gasteiger partial charge < -0.3 is 28.7 Å². The van der Waals surface area contributed by atoms with Crippen molar-refractivity contribution in [3.8, 4) is 100 Å². The molecular formula is C142H120N6. The molecule has 148 heavy (non-hydrogen) atoms. The van der Waals surface area contributed by atoms with Crippen LogP contribution in [0.4, 0.5) is 68.2 Å². The number of aryl methyl sites for hydroxylation is 16. The first-order valence-electron chi connectivity index (χ1n) is 51.8. The van der Waals surface area contributed by atoms with Gasteiger partial charge in [-0.15, -0.1) is 0 Å². The van der Waals surface area contributed by atoms with Gasteiger partial charge in [0, 0.05) is 67.0 Å². The molecule has 0 spiro atoms. The van der Waals surface area contributed by atoms with E-state index in [1.807, 2.05) is 0 Å². The molecule has 2 aromatic heterocycles. The lowest BCUT2D eigenvalue weighted by molar-refractivity contribution is 1.15. The SMILES string of the molecule is Cc1cccc(C)c1-c1cccc(N(c2cccc(-c3c(C)cccc3C)c2)c2cc(N(c3ccccc3)c3cccc(N(c4ccccc4)c4cc(N(c5cccc(-c6c(C)cccc6C)c5)c5cccc(-c6c(C)cccc6C)c5)cc(-n5c6ccc(-c7c(C)cccc7C)cc6c6cc(-c7c(C)cccc7C)ccc65)c4)c3)cc(-n3c4ccc(-c5c(C)cccc5C)cc4c4cc(-c5c(C)cccc5C)ccc43)c2)c1. The number of benzene rings is 21. The second-order valence-corrected chi connectivity index (χ2v) is 40.9. The number of rotatable bonds is 22. The van der Waals surface area contributed by atoms with Crippen molar-refractivity contribution in [2.75, 3.05) is 19.6 Å². The summed E-state index contributed by atoms with van der Waals surface area (Å²) in [5.74, 6) is 0. The Morgan fingerprint density at radius 1 is 0.122 bits per heavy atom. The number of hydrogen-bond acceptors (Lipinski definition) is 4. The molecule has 0 N–H and O–H groups in total. The third-order valence-corrected chi connectivity index (χ3v) is 30.8. The molecule has 0 radical (unpaired) electrons. The molecule has 21 aromatic carbocycles. The summed E-state index contributed by atoms with van der Waals surface area (Å²) in [7, 11) is 0. The molecule has 0 aliphatic carbocycles. The minimum absolute atomic E-state index is 0.942. The van der Waals surface area contributed by atoms with Crippen LogP contribution in [0.2, 0.25) is 0 Å². The lowest BCUT2D eigenvalue weighted by Gasteiger charge is -2.33. The third kappa shape index (κ3) is 17.2. The topological polar surface area (TPSA) is 22.8 Å². The van der Waals surface area contributed by atoms with Crippen LogP contribution in [0.3, 0.4) is 0 Å². The first-order valence-corrected chi connectivity index (χ1v) is 51.8. The highest BCUT2D eigenvalue weighted by atomic mass is 15.2. The Balaban J connectivity index is 0.806. The molecule has 718 valence electrons. The van der Waals surface area contributed by atoms with Crippen molar-refractivity contribution >= 4 is 112 Å². The number of fused-ring (bicyclic) bond motifs is 6. The molecule has 23 rings (SSSR count). The predicted molar refractivity (Wildman–Crippen MR) is 633 cm³/mol. The van der Waals surface area contributed by atoms with Gasteiger partial charge in [0.25, 0.3) is 0 Å². The molecule has 0 atom stereocenters.